The van der Waals surface area contributed by atoms with Crippen LogP contribution in [0.4, 0.5) is 17.1 Å². The Morgan fingerprint density at radius 2 is 0.821 bits per heavy atom. The average molecular weight is 714 g/mol. The number of para-hydroxylation sites is 2. The van der Waals surface area contributed by atoms with Gasteiger partial charge >= 0.3 is 0 Å². The van der Waals surface area contributed by atoms with Crippen molar-refractivity contribution in [3.8, 4) is 33.4 Å². The molecule has 56 heavy (non-hydrogen) atoms. The normalized spacial score (nSPS) is 11.6. The summed E-state index contributed by atoms with van der Waals surface area (Å²) in [5.74, 6) is 0. The van der Waals surface area contributed by atoms with Crippen LogP contribution in [0.15, 0.2) is 217 Å². The van der Waals surface area contributed by atoms with E-state index in [0.717, 1.165) is 44.7 Å². The van der Waals surface area contributed by atoms with Crippen LogP contribution in [0, 0.1) is 0 Å². The molecule has 0 bridgehead atoms. The van der Waals surface area contributed by atoms with Crippen molar-refractivity contribution in [3.05, 3.63) is 212 Å². The highest BCUT2D eigenvalue weighted by molar-refractivity contribution is 6.34. The smallest absolute Gasteiger partial charge is 0.136 e. The van der Waals surface area contributed by atoms with E-state index in [4.69, 9.17) is 4.42 Å². The van der Waals surface area contributed by atoms with E-state index in [-0.39, 0.29) is 0 Å². The largest absolute Gasteiger partial charge is 0.456 e. The Morgan fingerprint density at radius 3 is 1.54 bits per heavy atom. The first kappa shape index (κ1) is 32.0. The molecule has 0 atom stereocenters. The predicted molar refractivity (Wildman–Crippen MR) is 237 cm³/mol. The van der Waals surface area contributed by atoms with Gasteiger partial charge in [0, 0.05) is 33.1 Å². The maximum Gasteiger partial charge on any atom is 0.136 e. The number of furan rings is 1. The molecule has 0 saturated heterocycles. The van der Waals surface area contributed by atoms with Crippen LogP contribution in [0.1, 0.15) is 0 Å². The molecule has 11 rings (SSSR count). The molecular formula is C54H35NO. The van der Waals surface area contributed by atoms with Gasteiger partial charge in [-0.05, 0) is 109 Å². The third kappa shape index (κ3) is 5.26. The van der Waals surface area contributed by atoms with Crippen LogP contribution < -0.4 is 4.90 Å². The fourth-order valence-electron chi connectivity index (χ4n) is 8.68. The lowest BCUT2D eigenvalue weighted by Crippen LogP contribution is -2.11. The van der Waals surface area contributed by atoms with Gasteiger partial charge in [0.2, 0.25) is 0 Å². The van der Waals surface area contributed by atoms with E-state index in [9.17, 15) is 0 Å². The lowest BCUT2D eigenvalue weighted by Gasteiger charge is -2.29. The van der Waals surface area contributed by atoms with Gasteiger partial charge in [-0.2, -0.15) is 0 Å². The standard InChI is InChI=1S/C54H35NO/c1-3-15-36(16-4-1)38-19-13-21-41(33-38)55(42-22-14-20-39(34-42)37-17-5-2-6-18-37)50-27-11-9-23-43(50)40-29-30-45-44-24-7-8-25-46(44)53-47(49(45)35-40)31-32-52-54(53)48-26-10-12-28-51(48)56-52/h1-35H. The first-order valence-electron chi connectivity index (χ1n) is 19.2. The van der Waals surface area contributed by atoms with Gasteiger partial charge < -0.3 is 9.32 Å². The van der Waals surface area contributed by atoms with Crippen LogP contribution in [0.3, 0.4) is 0 Å². The highest BCUT2D eigenvalue weighted by Crippen LogP contribution is 2.46. The summed E-state index contributed by atoms with van der Waals surface area (Å²) in [7, 11) is 0. The summed E-state index contributed by atoms with van der Waals surface area (Å²) in [6.07, 6.45) is 0. The summed E-state index contributed by atoms with van der Waals surface area (Å²) in [6, 6.07) is 76.5. The van der Waals surface area contributed by atoms with Gasteiger partial charge in [-0.15, -0.1) is 0 Å². The van der Waals surface area contributed by atoms with E-state index in [1.165, 1.54) is 60.0 Å². The number of hydrogen-bond acceptors (Lipinski definition) is 2. The van der Waals surface area contributed by atoms with E-state index < -0.39 is 0 Å². The van der Waals surface area contributed by atoms with Gasteiger partial charge in [-0.25, -0.2) is 0 Å². The summed E-state index contributed by atoms with van der Waals surface area (Å²) in [5.41, 5.74) is 12.2. The number of nitrogens with zero attached hydrogens (tertiary/aromatic N) is 1. The highest BCUT2D eigenvalue weighted by atomic mass is 16.3. The van der Waals surface area contributed by atoms with E-state index in [0.29, 0.717) is 0 Å². The topological polar surface area (TPSA) is 16.4 Å². The van der Waals surface area contributed by atoms with E-state index in [1.807, 2.05) is 6.07 Å². The third-order valence-electron chi connectivity index (χ3n) is 11.2. The minimum atomic E-state index is 0.912. The fraction of sp³-hybridized carbons (Fsp3) is 0. The maximum atomic E-state index is 6.41. The molecule has 0 fully saturated rings. The molecule has 2 nitrogen and oxygen atoms in total. The lowest BCUT2D eigenvalue weighted by atomic mass is 9.90. The zero-order valence-corrected chi connectivity index (χ0v) is 30.6. The molecule has 0 aliphatic rings. The predicted octanol–water partition coefficient (Wildman–Crippen LogP) is 15.5. The molecule has 0 aliphatic carbocycles. The summed E-state index contributed by atoms with van der Waals surface area (Å²) >= 11 is 0. The highest BCUT2D eigenvalue weighted by Gasteiger charge is 2.20. The van der Waals surface area contributed by atoms with Crippen molar-refractivity contribution in [1.82, 2.24) is 0 Å². The second kappa shape index (κ2) is 13.2. The third-order valence-corrected chi connectivity index (χ3v) is 11.2. The molecule has 0 aliphatic heterocycles. The second-order valence-electron chi connectivity index (χ2n) is 14.5. The Balaban J connectivity index is 1.16. The van der Waals surface area contributed by atoms with E-state index in [2.05, 4.69) is 211 Å². The molecule has 0 spiro atoms. The number of benzene rings is 10. The van der Waals surface area contributed by atoms with Crippen LogP contribution in [-0.4, -0.2) is 0 Å². The molecule has 11 aromatic rings. The summed E-state index contributed by atoms with van der Waals surface area (Å²) in [6.45, 7) is 0. The van der Waals surface area contributed by atoms with Crippen molar-refractivity contribution in [2.24, 2.45) is 0 Å². The molecule has 1 aromatic heterocycles. The van der Waals surface area contributed by atoms with Gasteiger partial charge in [0.05, 0.1) is 5.69 Å². The number of anilines is 3. The van der Waals surface area contributed by atoms with E-state index in [1.54, 1.807) is 0 Å². The second-order valence-corrected chi connectivity index (χ2v) is 14.5. The first-order chi connectivity index (χ1) is 27.8. The van der Waals surface area contributed by atoms with Gasteiger partial charge in [-0.1, -0.05) is 158 Å². The van der Waals surface area contributed by atoms with E-state index >= 15 is 0 Å². The molecular weight excluding hydrogens is 679 g/mol. The number of fused-ring (bicyclic) bond motifs is 10. The first-order valence-corrected chi connectivity index (χ1v) is 19.2. The maximum absolute atomic E-state index is 6.41. The molecule has 0 radical (unpaired) electrons. The summed E-state index contributed by atoms with van der Waals surface area (Å²) < 4.78 is 6.41. The number of rotatable bonds is 6. The Morgan fingerprint density at radius 1 is 0.286 bits per heavy atom. The summed E-state index contributed by atoms with van der Waals surface area (Å²) in [5, 5.41) is 9.72. The average Bonchev–Trinajstić information content (AvgIpc) is 3.66. The molecule has 0 saturated carbocycles. The Bertz CT molecular complexity index is 3170. The van der Waals surface area contributed by atoms with Gasteiger partial charge in [0.25, 0.3) is 0 Å². The van der Waals surface area contributed by atoms with Crippen LogP contribution in [0.5, 0.6) is 0 Å². The van der Waals surface area contributed by atoms with Crippen molar-refractivity contribution in [3.63, 3.8) is 0 Å². The van der Waals surface area contributed by atoms with Crippen LogP contribution in [0.2, 0.25) is 0 Å². The molecule has 1 heterocycles. The van der Waals surface area contributed by atoms with Crippen LogP contribution >= 0.6 is 0 Å². The van der Waals surface area contributed by atoms with Crippen LogP contribution in [0.25, 0.3) is 87.6 Å². The van der Waals surface area contributed by atoms with Crippen molar-refractivity contribution in [2.45, 2.75) is 0 Å². The minimum Gasteiger partial charge on any atom is -0.456 e. The van der Waals surface area contributed by atoms with Crippen LogP contribution in [-0.2, 0) is 0 Å². The molecule has 2 heteroatoms. The molecule has 10 aromatic carbocycles. The Kier molecular flexibility index (Phi) is 7.53. The summed E-state index contributed by atoms with van der Waals surface area (Å²) in [4.78, 5) is 2.41. The Labute approximate surface area is 325 Å². The quantitative estimate of drug-likeness (QED) is 0.160. The van der Waals surface area contributed by atoms with Crippen molar-refractivity contribution < 1.29 is 4.42 Å². The van der Waals surface area contributed by atoms with Gasteiger partial charge in [0.1, 0.15) is 11.2 Å². The van der Waals surface area contributed by atoms with Gasteiger partial charge in [-0.3, -0.25) is 0 Å². The van der Waals surface area contributed by atoms with Crippen molar-refractivity contribution >= 4 is 71.3 Å². The molecule has 0 unspecified atom stereocenters. The zero-order chi connectivity index (χ0) is 37.0. The minimum absolute atomic E-state index is 0.912. The number of hydrogen-bond donors (Lipinski definition) is 0. The Hall–Kier alpha value is -7.42. The van der Waals surface area contributed by atoms with Gasteiger partial charge in [0.15, 0.2) is 0 Å². The zero-order valence-electron chi connectivity index (χ0n) is 30.6. The SMILES string of the molecule is c1ccc(-c2cccc(N(c3cccc(-c4ccccc4)c3)c3ccccc3-c3ccc4c5ccccc5c5c(ccc6oc7ccccc7c65)c4c3)c2)cc1. The van der Waals surface area contributed by atoms with Crippen molar-refractivity contribution in [2.75, 3.05) is 4.90 Å². The molecule has 0 amide bonds. The van der Waals surface area contributed by atoms with Crippen molar-refractivity contribution in [1.29, 1.82) is 0 Å². The lowest BCUT2D eigenvalue weighted by molar-refractivity contribution is 0.669. The molecule has 262 valence electrons. The fourth-order valence-corrected chi connectivity index (χ4v) is 8.68. The molecule has 0 N–H and O–H groups in total. The monoisotopic (exact) mass is 713 g/mol.